The number of nitrogens with zero attached hydrogens (tertiary/aromatic N) is 1. The largest absolute Gasteiger partial charge is 0.379 e. The van der Waals surface area contributed by atoms with E-state index in [2.05, 4.69) is 25.7 Å². The Morgan fingerprint density at radius 2 is 1.76 bits per heavy atom. The van der Waals surface area contributed by atoms with Gasteiger partial charge in [0.15, 0.2) is 0 Å². The Labute approximate surface area is 115 Å². The molecule has 0 aromatic carbocycles. The first kappa shape index (κ1) is 15.7. The monoisotopic (exact) mass is 277 g/mol. The molecule has 0 atom stereocenters. The standard InChI is InChI=1S/C13H27NOS2/c1-4-13(2,3)5-11-16-17-12-8-14-6-9-15-10-7-14/h4-12H2,1-3H3. The summed E-state index contributed by atoms with van der Waals surface area (Å²) < 4.78 is 5.34. The van der Waals surface area contributed by atoms with Gasteiger partial charge < -0.3 is 4.74 Å². The van der Waals surface area contributed by atoms with Crippen LogP contribution in [0, 0.1) is 5.41 Å². The Morgan fingerprint density at radius 1 is 1.12 bits per heavy atom. The van der Waals surface area contributed by atoms with Crippen LogP contribution < -0.4 is 0 Å². The van der Waals surface area contributed by atoms with Gasteiger partial charge in [0.05, 0.1) is 13.2 Å². The van der Waals surface area contributed by atoms with E-state index in [4.69, 9.17) is 4.74 Å². The molecule has 102 valence electrons. The van der Waals surface area contributed by atoms with Crippen molar-refractivity contribution < 1.29 is 4.74 Å². The van der Waals surface area contributed by atoms with E-state index in [-0.39, 0.29) is 0 Å². The molecule has 0 amide bonds. The fraction of sp³-hybridized carbons (Fsp3) is 1.00. The van der Waals surface area contributed by atoms with Gasteiger partial charge in [0, 0.05) is 31.1 Å². The van der Waals surface area contributed by atoms with Crippen molar-refractivity contribution in [3.63, 3.8) is 0 Å². The zero-order chi connectivity index (χ0) is 12.6. The first-order chi connectivity index (χ1) is 8.14. The maximum atomic E-state index is 5.34. The topological polar surface area (TPSA) is 12.5 Å². The molecule has 1 aliphatic heterocycles. The van der Waals surface area contributed by atoms with E-state index < -0.39 is 0 Å². The van der Waals surface area contributed by atoms with Gasteiger partial charge in [0.2, 0.25) is 0 Å². The van der Waals surface area contributed by atoms with Gasteiger partial charge in [0.25, 0.3) is 0 Å². The average Bonchev–Trinajstić information content (AvgIpc) is 2.35. The van der Waals surface area contributed by atoms with E-state index in [0.29, 0.717) is 5.41 Å². The number of rotatable bonds is 8. The third-order valence-electron chi connectivity index (χ3n) is 3.50. The second-order valence-corrected chi connectivity index (χ2v) is 8.07. The third-order valence-corrected chi connectivity index (χ3v) is 5.88. The zero-order valence-corrected chi connectivity index (χ0v) is 13.2. The maximum Gasteiger partial charge on any atom is 0.0594 e. The molecular formula is C13H27NOS2. The van der Waals surface area contributed by atoms with Crippen molar-refractivity contribution in [1.29, 1.82) is 0 Å². The summed E-state index contributed by atoms with van der Waals surface area (Å²) in [6.45, 7) is 12.3. The third kappa shape index (κ3) is 7.60. The van der Waals surface area contributed by atoms with Gasteiger partial charge in [0.1, 0.15) is 0 Å². The fourth-order valence-electron chi connectivity index (χ4n) is 1.60. The van der Waals surface area contributed by atoms with Crippen molar-refractivity contribution in [3.05, 3.63) is 0 Å². The highest BCUT2D eigenvalue weighted by Crippen LogP contribution is 2.30. The maximum absolute atomic E-state index is 5.34. The van der Waals surface area contributed by atoms with E-state index in [9.17, 15) is 0 Å². The first-order valence-corrected chi connectivity index (χ1v) is 9.17. The molecule has 0 bridgehead atoms. The van der Waals surface area contributed by atoms with Gasteiger partial charge in [-0.05, 0) is 11.8 Å². The lowest BCUT2D eigenvalue weighted by Crippen LogP contribution is -2.37. The number of hydrogen-bond acceptors (Lipinski definition) is 4. The van der Waals surface area contributed by atoms with Gasteiger partial charge in [-0.3, -0.25) is 4.90 Å². The summed E-state index contributed by atoms with van der Waals surface area (Å²) in [7, 11) is 4.08. The van der Waals surface area contributed by atoms with Crippen LogP contribution in [0.1, 0.15) is 33.6 Å². The molecule has 1 rings (SSSR count). The summed E-state index contributed by atoms with van der Waals surface area (Å²) in [6, 6.07) is 0. The molecular weight excluding hydrogens is 250 g/mol. The summed E-state index contributed by atoms with van der Waals surface area (Å²) in [6.07, 6.45) is 2.62. The predicted molar refractivity (Wildman–Crippen MR) is 80.9 cm³/mol. The van der Waals surface area contributed by atoms with Crippen LogP contribution in [-0.2, 0) is 4.74 Å². The van der Waals surface area contributed by atoms with Gasteiger partial charge in [-0.25, -0.2) is 0 Å². The first-order valence-electron chi connectivity index (χ1n) is 6.68. The summed E-state index contributed by atoms with van der Waals surface area (Å²) in [5, 5.41) is 0. The minimum Gasteiger partial charge on any atom is -0.379 e. The molecule has 0 aliphatic carbocycles. The molecule has 0 radical (unpaired) electrons. The van der Waals surface area contributed by atoms with E-state index in [1.54, 1.807) is 0 Å². The number of morpholine rings is 1. The van der Waals surface area contributed by atoms with Gasteiger partial charge in [-0.15, -0.1) is 0 Å². The molecule has 0 aromatic heterocycles. The average molecular weight is 277 g/mol. The molecule has 0 aromatic rings. The molecule has 0 spiro atoms. The minimum atomic E-state index is 0.526. The summed E-state index contributed by atoms with van der Waals surface area (Å²) in [4.78, 5) is 2.51. The summed E-state index contributed by atoms with van der Waals surface area (Å²) >= 11 is 0. The van der Waals surface area contributed by atoms with Crippen molar-refractivity contribution in [2.24, 2.45) is 5.41 Å². The smallest absolute Gasteiger partial charge is 0.0594 e. The second kappa shape index (κ2) is 8.68. The van der Waals surface area contributed by atoms with E-state index in [1.165, 1.54) is 30.9 Å². The van der Waals surface area contributed by atoms with Crippen molar-refractivity contribution in [2.75, 3.05) is 44.4 Å². The van der Waals surface area contributed by atoms with Crippen LogP contribution in [0.2, 0.25) is 0 Å². The van der Waals surface area contributed by atoms with Crippen molar-refractivity contribution in [3.8, 4) is 0 Å². The summed E-state index contributed by atoms with van der Waals surface area (Å²) in [5.74, 6) is 2.53. The molecule has 1 heterocycles. The van der Waals surface area contributed by atoms with Crippen molar-refractivity contribution in [1.82, 2.24) is 4.90 Å². The van der Waals surface area contributed by atoms with E-state index >= 15 is 0 Å². The summed E-state index contributed by atoms with van der Waals surface area (Å²) in [5.41, 5.74) is 0.526. The van der Waals surface area contributed by atoms with Crippen LogP contribution in [-0.4, -0.2) is 49.3 Å². The van der Waals surface area contributed by atoms with E-state index in [0.717, 1.165) is 26.3 Å². The lowest BCUT2D eigenvalue weighted by molar-refractivity contribution is 0.0410. The molecule has 1 saturated heterocycles. The molecule has 1 fully saturated rings. The molecule has 17 heavy (non-hydrogen) atoms. The molecule has 0 saturated carbocycles. The lowest BCUT2D eigenvalue weighted by atomic mass is 9.87. The quantitative estimate of drug-likeness (QED) is 0.497. The van der Waals surface area contributed by atoms with Crippen LogP contribution in [0.5, 0.6) is 0 Å². The van der Waals surface area contributed by atoms with Crippen molar-refractivity contribution >= 4 is 21.6 Å². The van der Waals surface area contributed by atoms with Crippen molar-refractivity contribution in [2.45, 2.75) is 33.6 Å². The molecule has 4 heteroatoms. The van der Waals surface area contributed by atoms with Crippen LogP contribution in [0.15, 0.2) is 0 Å². The number of ether oxygens (including phenoxy) is 1. The second-order valence-electron chi connectivity index (χ2n) is 5.37. The number of hydrogen-bond donors (Lipinski definition) is 0. The molecule has 0 N–H and O–H groups in total. The normalized spacial score (nSPS) is 18.5. The minimum absolute atomic E-state index is 0.526. The Kier molecular flexibility index (Phi) is 8.00. The fourth-order valence-corrected chi connectivity index (χ4v) is 3.99. The van der Waals surface area contributed by atoms with E-state index in [1.807, 2.05) is 21.6 Å². The Balaban J connectivity index is 1.90. The highest BCUT2D eigenvalue weighted by Gasteiger charge is 2.14. The SMILES string of the molecule is CCC(C)(C)CCSSCCN1CCOCC1. The molecule has 0 unspecified atom stereocenters. The zero-order valence-electron chi connectivity index (χ0n) is 11.5. The Morgan fingerprint density at radius 3 is 2.41 bits per heavy atom. The highest BCUT2D eigenvalue weighted by atomic mass is 33.1. The van der Waals surface area contributed by atoms with Crippen LogP contribution in [0.25, 0.3) is 0 Å². The van der Waals surface area contributed by atoms with Gasteiger partial charge in [-0.1, -0.05) is 48.8 Å². The Bertz CT molecular complexity index is 194. The molecule has 2 nitrogen and oxygen atoms in total. The van der Waals surface area contributed by atoms with Crippen LogP contribution >= 0.6 is 21.6 Å². The van der Waals surface area contributed by atoms with Gasteiger partial charge in [-0.2, -0.15) is 0 Å². The predicted octanol–water partition coefficient (Wildman–Crippen LogP) is 3.53. The van der Waals surface area contributed by atoms with Crippen LogP contribution in [0.3, 0.4) is 0 Å². The Hall–Kier alpha value is 0.620. The lowest BCUT2D eigenvalue weighted by Gasteiger charge is -2.26. The highest BCUT2D eigenvalue weighted by molar-refractivity contribution is 8.76. The molecule has 1 aliphatic rings. The van der Waals surface area contributed by atoms with Gasteiger partial charge >= 0.3 is 0 Å². The van der Waals surface area contributed by atoms with Crippen LogP contribution in [0.4, 0.5) is 0 Å².